The van der Waals surface area contributed by atoms with Crippen molar-refractivity contribution in [1.82, 2.24) is 0 Å². The smallest absolute Gasteiger partial charge is 0.0837 e. The van der Waals surface area contributed by atoms with E-state index in [4.69, 9.17) is 4.74 Å². The predicted molar refractivity (Wildman–Crippen MR) is 133 cm³/mol. The molecule has 33 heavy (non-hydrogen) atoms. The molecule has 186 valence electrons. The Morgan fingerprint density at radius 1 is 1.18 bits per heavy atom. The largest absolute Gasteiger partial charge is 0.392 e. The lowest BCUT2D eigenvalue weighted by Crippen LogP contribution is -2.45. The molecular formula is C29H46O4. The Labute approximate surface area is 200 Å². The predicted octanol–water partition coefficient (Wildman–Crippen LogP) is 5.33. The zero-order valence-electron chi connectivity index (χ0n) is 21.4. The molecule has 0 aromatic carbocycles. The highest BCUT2D eigenvalue weighted by Gasteiger charge is 2.57. The van der Waals surface area contributed by atoms with Gasteiger partial charge in [0.15, 0.2) is 0 Å². The van der Waals surface area contributed by atoms with Gasteiger partial charge in [-0.05, 0) is 106 Å². The van der Waals surface area contributed by atoms with Gasteiger partial charge in [0.05, 0.1) is 30.0 Å². The normalized spacial score (nSPS) is 46.8. The van der Waals surface area contributed by atoms with Crippen molar-refractivity contribution in [3.05, 3.63) is 35.5 Å². The molecule has 0 aromatic heterocycles. The number of hydrogen-bond acceptors (Lipinski definition) is 4. The topological polar surface area (TPSA) is 69.9 Å². The maximum atomic E-state index is 10.4. The quantitative estimate of drug-likeness (QED) is 0.533. The summed E-state index contributed by atoms with van der Waals surface area (Å²) < 4.78 is 6.53. The number of rotatable bonds is 4. The molecular weight excluding hydrogens is 412 g/mol. The van der Waals surface area contributed by atoms with Gasteiger partial charge < -0.3 is 20.1 Å². The van der Waals surface area contributed by atoms with Crippen LogP contribution in [-0.2, 0) is 4.74 Å². The van der Waals surface area contributed by atoms with Crippen LogP contribution in [0, 0.1) is 29.1 Å². The van der Waals surface area contributed by atoms with E-state index in [2.05, 4.69) is 32.6 Å². The first-order chi connectivity index (χ1) is 15.3. The summed E-state index contributed by atoms with van der Waals surface area (Å²) in [6.45, 7) is 15.4. The number of hydrogen-bond donors (Lipinski definition) is 3. The molecule has 4 aliphatic rings. The molecule has 4 rings (SSSR count). The number of aliphatic hydroxyl groups excluding tert-OH is 2. The van der Waals surface area contributed by atoms with Crippen molar-refractivity contribution in [2.45, 2.75) is 109 Å². The minimum atomic E-state index is -0.665. The van der Waals surface area contributed by atoms with Crippen molar-refractivity contribution in [1.29, 1.82) is 0 Å². The molecule has 0 radical (unpaired) electrons. The summed E-state index contributed by atoms with van der Waals surface area (Å²) in [5, 5.41) is 31.1. The molecule has 0 bridgehead atoms. The van der Waals surface area contributed by atoms with Crippen LogP contribution >= 0.6 is 0 Å². The van der Waals surface area contributed by atoms with Crippen LogP contribution in [0.2, 0.25) is 0 Å². The van der Waals surface area contributed by atoms with Crippen molar-refractivity contribution in [3.8, 4) is 0 Å². The fourth-order valence-corrected chi connectivity index (χ4v) is 7.97. The minimum Gasteiger partial charge on any atom is -0.392 e. The Kier molecular flexibility index (Phi) is 6.81. The lowest BCUT2D eigenvalue weighted by molar-refractivity contribution is -0.0753. The third-order valence-electron chi connectivity index (χ3n) is 9.63. The first-order valence-corrected chi connectivity index (χ1v) is 13.2. The maximum absolute atomic E-state index is 10.4. The molecule has 0 aromatic rings. The summed E-state index contributed by atoms with van der Waals surface area (Å²) in [7, 11) is 0. The van der Waals surface area contributed by atoms with Crippen LogP contribution in [0.25, 0.3) is 0 Å². The molecule has 4 heteroatoms. The maximum Gasteiger partial charge on any atom is 0.0837 e. The molecule has 1 saturated heterocycles. The highest BCUT2D eigenvalue weighted by atomic mass is 16.5. The van der Waals surface area contributed by atoms with Crippen LogP contribution in [0.1, 0.15) is 86.0 Å². The summed E-state index contributed by atoms with van der Waals surface area (Å²) in [6.07, 6.45) is 11.6. The summed E-state index contributed by atoms with van der Waals surface area (Å²) in [4.78, 5) is 0. The van der Waals surface area contributed by atoms with E-state index in [1.54, 1.807) is 0 Å². The van der Waals surface area contributed by atoms with Gasteiger partial charge in [-0.2, -0.15) is 0 Å². The first kappa shape index (κ1) is 25.2. The molecule has 1 heterocycles. The fourth-order valence-electron chi connectivity index (χ4n) is 7.97. The number of ether oxygens (including phenoxy) is 1. The Balaban J connectivity index is 1.52. The second-order valence-corrected chi connectivity index (χ2v) is 12.8. The Morgan fingerprint density at radius 3 is 2.61 bits per heavy atom. The van der Waals surface area contributed by atoms with Crippen LogP contribution in [0.5, 0.6) is 0 Å². The number of allylic oxidation sites excluding steroid dienone is 3. The van der Waals surface area contributed by atoms with Crippen LogP contribution in [-0.4, -0.2) is 45.3 Å². The van der Waals surface area contributed by atoms with E-state index < -0.39 is 17.8 Å². The molecule has 4 nitrogen and oxygen atoms in total. The van der Waals surface area contributed by atoms with Crippen LogP contribution in [0.3, 0.4) is 0 Å². The molecule has 8 atom stereocenters. The third kappa shape index (κ3) is 4.78. The summed E-state index contributed by atoms with van der Waals surface area (Å²) >= 11 is 0. The summed E-state index contributed by atoms with van der Waals surface area (Å²) in [5.41, 5.74) is 2.75. The molecule has 3 aliphatic carbocycles. The molecule has 3 saturated carbocycles. The molecule has 1 aliphatic heterocycles. The SMILES string of the molecule is C=C1/C(=C\C=C2/CCC[C@@]3(C)[C@H]2CC[C@@H]3[C@]2(C)C[C@@H](CC(C)(C)O)CO2)C[C@@H](O)[C@H](C)[C@@H]1O. The monoisotopic (exact) mass is 458 g/mol. The Hall–Kier alpha value is -0.940. The van der Waals surface area contributed by atoms with Gasteiger partial charge in [0.25, 0.3) is 0 Å². The van der Waals surface area contributed by atoms with E-state index in [0.717, 1.165) is 37.0 Å². The summed E-state index contributed by atoms with van der Waals surface area (Å²) in [6, 6.07) is 0. The zero-order chi connectivity index (χ0) is 24.2. The van der Waals surface area contributed by atoms with Crippen molar-refractivity contribution < 1.29 is 20.1 Å². The van der Waals surface area contributed by atoms with Crippen molar-refractivity contribution in [2.75, 3.05) is 6.61 Å². The van der Waals surface area contributed by atoms with Crippen LogP contribution in [0.4, 0.5) is 0 Å². The van der Waals surface area contributed by atoms with Gasteiger partial charge >= 0.3 is 0 Å². The molecule has 0 spiro atoms. The average Bonchev–Trinajstić information content (AvgIpc) is 3.27. The Morgan fingerprint density at radius 2 is 1.91 bits per heavy atom. The van der Waals surface area contributed by atoms with Gasteiger partial charge in [-0.1, -0.05) is 38.2 Å². The van der Waals surface area contributed by atoms with Crippen molar-refractivity contribution in [2.24, 2.45) is 29.1 Å². The average molecular weight is 459 g/mol. The second-order valence-electron chi connectivity index (χ2n) is 12.8. The highest BCUT2D eigenvalue weighted by molar-refractivity contribution is 5.39. The van der Waals surface area contributed by atoms with E-state index in [1.165, 1.54) is 31.3 Å². The summed E-state index contributed by atoms with van der Waals surface area (Å²) in [5.74, 6) is 1.36. The Bertz CT molecular complexity index is 820. The van der Waals surface area contributed by atoms with E-state index in [1.807, 2.05) is 20.8 Å². The number of aliphatic hydroxyl groups is 3. The highest BCUT2D eigenvalue weighted by Crippen LogP contribution is 2.62. The van der Waals surface area contributed by atoms with Crippen LogP contribution in [0.15, 0.2) is 35.5 Å². The number of fused-ring (bicyclic) bond motifs is 1. The van der Waals surface area contributed by atoms with Crippen molar-refractivity contribution >= 4 is 0 Å². The first-order valence-electron chi connectivity index (χ1n) is 13.2. The molecule has 0 unspecified atom stereocenters. The fraction of sp³-hybridized carbons (Fsp3) is 0.793. The van der Waals surface area contributed by atoms with Gasteiger partial charge in [0, 0.05) is 5.92 Å². The molecule has 3 N–H and O–H groups in total. The lowest BCUT2D eigenvalue weighted by Gasteiger charge is -2.47. The minimum absolute atomic E-state index is 0.109. The third-order valence-corrected chi connectivity index (χ3v) is 9.63. The van der Waals surface area contributed by atoms with E-state index >= 15 is 0 Å². The van der Waals surface area contributed by atoms with Gasteiger partial charge in [0.1, 0.15) is 0 Å². The molecule has 0 amide bonds. The lowest BCUT2D eigenvalue weighted by atomic mass is 9.59. The van der Waals surface area contributed by atoms with E-state index in [9.17, 15) is 15.3 Å². The molecule has 4 fully saturated rings. The second kappa shape index (κ2) is 8.93. The van der Waals surface area contributed by atoms with E-state index in [0.29, 0.717) is 24.2 Å². The van der Waals surface area contributed by atoms with Gasteiger partial charge in [-0.15, -0.1) is 0 Å². The van der Waals surface area contributed by atoms with E-state index in [-0.39, 0.29) is 16.9 Å². The van der Waals surface area contributed by atoms with Gasteiger partial charge in [0.2, 0.25) is 0 Å². The van der Waals surface area contributed by atoms with Gasteiger partial charge in [-0.25, -0.2) is 0 Å². The van der Waals surface area contributed by atoms with Crippen LogP contribution < -0.4 is 0 Å². The van der Waals surface area contributed by atoms with Crippen molar-refractivity contribution in [3.63, 3.8) is 0 Å². The van der Waals surface area contributed by atoms with Gasteiger partial charge in [-0.3, -0.25) is 0 Å². The zero-order valence-corrected chi connectivity index (χ0v) is 21.4. The standard InChI is InChI=1S/C29H46O4/c1-18-22(14-24(30)19(2)26(18)31)10-9-21-8-7-13-28(5)23(21)11-12-25(28)29(6)16-20(17-33-29)15-27(3,4)32/h9-10,19-20,23-26,30-32H,1,7-8,11-17H2,2-6H3/b21-9+,22-10-/t19-,20+,23-,24+,25-,26+,28-,29-/m0/s1.